The summed E-state index contributed by atoms with van der Waals surface area (Å²) < 4.78 is 8.09. The van der Waals surface area contributed by atoms with Gasteiger partial charge in [0.05, 0.1) is 5.69 Å². The first-order valence-corrected chi connectivity index (χ1v) is 9.54. The van der Waals surface area contributed by atoms with Crippen molar-refractivity contribution in [1.29, 1.82) is 0 Å². The molecule has 5 heteroatoms. The number of thiazole rings is 1. The number of benzene rings is 2. The van der Waals surface area contributed by atoms with Crippen LogP contribution in [0.25, 0.3) is 21.5 Å². The normalized spacial score (nSPS) is 11.1. The minimum Gasteiger partial charge on any atom is -0.487 e. The van der Waals surface area contributed by atoms with E-state index in [2.05, 4.69) is 46.1 Å². The van der Waals surface area contributed by atoms with Crippen molar-refractivity contribution in [3.8, 4) is 16.3 Å². The van der Waals surface area contributed by atoms with Gasteiger partial charge >= 0.3 is 0 Å². The molecule has 0 saturated heterocycles. The molecule has 0 bridgehead atoms. The summed E-state index contributed by atoms with van der Waals surface area (Å²) in [5, 5.41) is 13.2. The molecule has 2 heterocycles. The van der Waals surface area contributed by atoms with Crippen LogP contribution in [-0.4, -0.2) is 21.3 Å². The third-order valence-electron chi connectivity index (χ3n) is 4.26. The SMILES string of the molecule is OCCCn1ccc2cc(OCc3csc(-c4ccccc4)n3)ccc21. The zero-order valence-electron chi connectivity index (χ0n) is 14.3. The number of aryl methyl sites for hydroxylation is 1. The molecular weight excluding hydrogens is 344 g/mol. The molecular formula is C21H20N2O2S. The van der Waals surface area contributed by atoms with Gasteiger partial charge in [-0.3, -0.25) is 0 Å². The highest BCUT2D eigenvalue weighted by atomic mass is 32.1. The first-order valence-electron chi connectivity index (χ1n) is 8.66. The minimum absolute atomic E-state index is 0.208. The monoisotopic (exact) mass is 364 g/mol. The molecule has 26 heavy (non-hydrogen) atoms. The highest BCUT2D eigenvalue weighted by molar-refractivity contribution is 7.13. The number of rotatable bonds is 7. The lowest BCUT2D eigenvalue weighted by atomic mass is 10.2. The van der Waals surface area contributed by atoms with Gasteiger partial charge in [0.2, 0.25) is 0 Å². The lowest BCUT2D eigenvalue weighted by Gasteiger charge is -2.07. The summed E-state index contributed by atoms with van der Waals surface area (Å²) in [6.07, 6.45) is 2.81. The maximum Gasteiger partial charge on any atom is 0.131 e. The molecule has 0 spiro atoms. The Labute approximate surface area is 156 Å². The van der Waals surface area contributed by atoms with E-state index in [4.69, 9.17) is 9.84 Å². The summed E-state index contributed by atoms with van der Waals surface area (Å²) in [6.45, 7) is 1.49. The van der Waals surface area contributed by atoms with Crippen LogP contribution in [0.2, 0.25) is 0 Å². The van der Waals surface area contributed by atoms with Crippen LogP contribution in [0.3, 0.4) is 0 Å². The molecule has 0 saturated carbocycles. The van der Waals surface area contributed by atoms with E-state index in [1.807, 2.05) is 29.6 Å². The molecule has 0 atom stereocenters. The second kappa shape index (κ2) is 7.72. The number of aliphatic hydroxyl groups excluding tert-OH is 1. The van der Waals surface area contributed by atoms with Crippen molar-refractivity contribution in [2.45, 2.75) is 19.6 Å². The van der Waals surface area contributed by atoms with E-state index in [1.54, 1.807) is 11.3 Å². The lowest BCUT2D eigenvalue weighted by molar-refractivity contribution is 0.280. The summed E-state index contributed by atoms with van der Waals surface area (Å²) in [7, 11) is 0. The van der Waals surface area contributed by atoms with Gasteiger partial charge in [-0.25, -0.2) is 4.98 Å². The Hall–Kier alpha value is -2.63. The maximum atomic E-state index is 9.00. The van der Waals surface area contributed by atoms with Crippen molar-refractivity contribution < 1.29 is 9.84 Å². The van der Waals surface area contributed by atoms with E-state index in [0.29, 0.717) is 6.61 Å². The summed E-state index contributed by atoms with van der Waals surface area (Å²) in [5.41, 5.74) is 3.23. The van der Waals surface area contributed by atoms with E-state index in [-0.39, 0.29) is 6.61 Å². The van der Waals surface area contributed by atoms with Gasteiger partial charge in [0, 0.05) is 41.2 Å². The van der Waals surface area contributed by atoms with Crippen molar-refractivity contribution in [3.05, 3.63) is 71.9 Å². The number of hydrogen-bond donors (Lipinski definition) is 1. The van der Waals surface area contributed by atoms with Crippen LogP contribution in [0.15, 0.2) is 66.2 Å². The fourth-order valence-corrected chi connectivity index (χ4v) is 3.76. The van der Waals surface area contributed by atoms with Crippen LogP contribution >= 0.6 is 11.3 Å². The van der Waals surface area contributed by atoms with E-state index < -0.39 is 0 Å². The minimum atomic E-state index is 0.208. The largest absolute Gasteiger partial charge is 0.487 e. The molecule has 0 aliphatic heterocycles. The standard InChI is InChI=1S/C21H20N2O2S/c24-12-4-10-23-11-9-17-13-19(7-8-20(17)23)25-14-18-15-26-21(22-18)16-5-2-1-3-6-16/h1-3,5-9,11,13,15,24H,4,10,12,14H2. The van der Waals surface area contributed by atoms with Gasteiger partial charge in [-0.2, -0.15) is 0 Å². The predicted molar refractivity (Wildman–Crippen MR) is 106 cm³/mol. The van der Waals surface area contributed by atoms with Crippen molar-refractivity contribution >= 4 is 22.2 Å². The number of hydrogen-bond acceptors (Lipinski definition) is 4. The van der Waals surface area contributed by atoms with Gasteiger partial charge in [-0.1, -0.05) is 30.3 Å². The molecule has 132 valence electrons. The zero-order chi connectivity index (χ0) is 17.8. The first kappa shape index (κ1) is 16.8. The van der Waals surface area contributed by atoms with Gasteiger partial charge in [-0.05, 0) is 30.7 Å². The fraction of sp³-hybridized carbons (Fsp3) is 0.190. The Morgan fingerprint density at radius 3 is 2.81 bits per heavy atom. The Morgan fingerprint density at radius 2 is 1.96 bits per heavy atom. The molecule has 0 aliphatic rings. The highest BCUT2D eigenvalue weighted by Crippen LogP contribution is 2.25. The molecule has 0 aliphatic carbocycles. The Balaban J connectivity index is 1.44. The third kappa shape index (κ3) is 3.64. The molecule has 0 amide bonds. The number of fused-ring (bicyclic) bond motifs is 1. The number of nitrogens with zero attached hydrogens (tertiary/aromatic N) is 2. The van der Waals surface area contributed by atoms with E-state index in [1.165, 1.54) is 0 Å². The van der Waals surface area contributed by atoms with Crippen LogP contribution in [0.5, 0.6) is 5.75 Å². The first-order chi connectivity index (χ1) is 12.8. The van der Waals surface area contributed by atoms with Crippen LogP contribution < -0.4 is 4.74 Å². The summed E-state index contributed by atoms with van der Waals surface area (Å²) in [5.74, 6) is 0.840. The van der Waals surface area contributed by atoms with Crippen molar-refractivity contribution in [1.82, 2.24) is 9.55 Å². The zero-order valence-corrected chi connectivity index (χ0v) is 15.2. The number of aliphatic hydroxyl groups is 1. The smallest absolute Gasteiger partial charge is 0.131 e. The van der Waals surface area contributed by atoms with Crippen molar-refractivity contribution in [3.63, 3.8) is 0 Å². The van der Waals surface area contributed by atoms with Gasteiger partial charge in [0.1, 0.15) is 17.4 Å². The average molecular weight is 364 g/mol. The van der Waals surface area contributed by atoms with E-state index in [9.17, 15) is 0 Å². The second-order valence-electron chi connectivity index (χ2n) is 6.11. The quantitative estimate of drug-likeness (QED) is 0.516. The van der Waals surface area contributed by atoms with Crippen LogP contribution in [0, 0.1) is 0 Å². The molecule has 4 nitrogen and oxygen atoms in total. The predicted octanol–water partition coefficient (Wildman–Crippen LogP) is 4.73. The molecule has 0 unspecified atom stereocenters. The Morgan fingerprint density at radius 1 is 1.08 bits per heavy atom. The second-order valence-corrected chi connectivity index (χ2v) is 6.96. The van der Waals surface area contributed by atoms with Crippen LogP contribution in [0.4, 0.5) is 0 Å². The summed E-state index contributed by atoms with van der Waals surface area (Å²) in [4.78, 5) is 4.66. The average Bonchev–Trinajstić information content (AvgIpc) is 3.32. The van der Waals surface area contributed by atoms with Crippen molar-refractivity contribution in [2.24, 2.45) is 0 Å². The van der Waals surface area contributed by atoms with Gasteiger partial charge in [0.15, 0.2) is 0 Å². The Bertz CT molecular complexity index is 992. The topological polar surface area (TPSA) is 47.3 Å². The molecule has 2 aromatic heterocycles. The van der Waals surface area contributed by atoms with E-state index in [0.717, 1.165) is 45.9 Å². The molecule has 0 fully saturated rings. The third-order valence-corrected chi connectivity index (χ3v) is 5.20. The molecule has 4 rings (SSSR count). The molecule has 4 aromatic rings. The van der Waals surface area contributed by atoms with Crippen LogP contribution in [-0.2, 0) is 13.2 Å². The van der Waals surface area contributed by atoms with Crippen LogP contribution in [0.1, 0.15) is 12.1 Å². The maximum absolute atomic E-state index is 9.00. The van der Waals surface area contributed by atoms with Gasteiger partial charge < -0.3 is 14.4 Å². The fourth-order valence-electron chi connectivity index (χ4n) is 2.95. The lowest BCUT2D eigenvalue weighted by Crippen LogP contribution is -1.98. The van der Waals surface area contributed by atoms with E-state index >= 15 is 0 Å². The number of aromatic nitrogens is 2. The van der Waals surface area contributed by atoms with Gasteiger partial charge in [0.25, 0.3) is 0 Å². The summed E-state index contributed by atoms with van der Waals surface area (Å²) >= 11 is 1.64. The molecule has 1 N–H and O–H groups in total. The molecule has 2 aromatic carbocycles. The van der Waals surface area contributed by atoms with Crippen molar-refractivity contribution in [2.75, 3.05) is 6.61 Å². The van der Waals surface area contributed by atoms with Gasteiger partial charge in [-0.15, -0.1) is 11.3 Å². The Kier molecular flexibility index (Phi) is 5.00. The molecule has 0 radical (unpaired) electrons. The highest BCUT2D eigenvalue weighted by Gasteiger charge is 2.07. The summed E-state index contributed by atoms with van der Waals surface area (Å²) in [6, 6.07) is 18.4. The number of ether oxygens (including phenoxy) is 1.